The highest BCUT2D eigenvalue weighted by atomic mass is 79.9. The van der Waals surface area contributed by atoms with Crippen LogP contribution in [0, 0.1) is 18.2 Å². The highest BCUT2D eigenvalue weighted by Gasteiger charge is 2.10. The lowest BCUT2D eigenvalue weighted by atomic mass is 10.1. The molecule has 0 aliphatic heterocycles. The van der Waals surface area contributed by atoms with Gasteiger partial charge in [-0.2, -0.15) is 0 Å². The Hall–Kier alpha value is -0.890. The van der Waals surface area contributed by atoms with Crippen LogP contribution in [0.4, 0.5) is 4.39 Å². The number of hydrazine groups is 1. The molecule has 0 heterocycles. The van der Waals surface area contributed by atoms with E-state index in [4.69, 9.17) is 12.3 Å². The van der Waals surface area contributed by atoms with Gasteiger partial charge in [-0.3, -0.25) is 5.84 Å². The van der Waals surface area contributed by atoms with Crippen molar-refractivity contribution in [3.63, 3.8) is 0 Å². The van der Waals surface area contributed by atoms with E-state index >= 15 is 0 Å². The second kappa shape index (κ2) is 4.38. The van der Waals surface area contributed by atoms with Crippen LogP contribution < -0.4 is 11.3 Å². The molecule has 1 unspecified atom stereocenters. The molecular weight excluding hydrogens is 235 g/mol. The molecule has 0 amide bonds. The quantitative estimate of drug-likeness (QED) is 0.471. The highest BCUT2D eigenvalue weighted by molar-refractivity contribution is 9.10. The average molecular weight is 243 g/mol. The Balaban J connectivity index is 3.09. The molecule has 0 fully saturated rings. The van der Waals surface area contributed by atoms with Crippen molar-refractivity contribution in [1.29, 1.82) is 0 Å². The standard InChI is InChI=1S/C9H8BrFN2/c1-2-9(13-12)7-4-3-6(10)5-8(7)11/h1,3-5,9,13H,12H2. The van der Waals surface area contributed by atoms with Crippen LogP contribution >= 0.6 is 15.9 Å². The number of benzene rings is 1. The van der Waals surface area contributed by atoms with Gasteiger partial charge in [-0.25, -0.2) is 9.82 Å². The van der Waals surface area contributed by atoms with Crippen LogP contribution in [0.15, 0.2) is 22.7 Å². The molecule has 1 aromatic rings. The van der Waals surface area contributed by atoms with E-state index in [1.807, 2.05) is 0 Å². The summed E-state index contributed by atoms with van der Waals surface area (Å²) in [6.07, 6.45) is 5.15. The summed E-state index contributed by atoms with van der Waals surface area (Å²) in [6, 6.07) is 4.05. The fourth-order valence-corrected chi connectivity index (χ4v) is 1.30. The first-order valence-corrected chi connectivity index (χ1v) is 4.35. The van der Waals surface area contributed by atoms with Crippen molar-refractivity contribution in [2.45, 2.75) is 6.04 Å². The van der Waals surface area contributed by atoms with Gasteiger partial charge in [0.1, 0.15) is 11.9 Å². The van der Waals surface area contributed by atoms with Crippen molar-refractivity contribution in [3.8, 4) is 12.3 Å². The lowest BCUT2D eigenvalue weighted by molar-refractivity contribution is 0.574. The van der Waals surface area contributed by atoms with Gasteiger partial charge in [0, 0.05) is 10.0 Å². The number of terminal acetylenes is 1. The maximum absolute atomic E-state index is 13.3. The van der Waals surface area contributed by atoms with Crippen LogP contribution in [0.1, 0.15) is 11.6 Å². The Kier molecular flexibility index (Phi) is 3.43. The Morgan fingerprint density at radius 2 is 2.31 bits per heavy atom. The summed E-state index contributed by atoms with van der Waals surface area (Å²) in [5.74, 6) is 7.11. The fourth-order valence-electron chi connectivity index (χ4n) is 0.963. The summed E-state index contributed by atoms with van der Waals surface area (Å²) in [6.45, 7) is 0. The molecule has 1 rings (SSSR count). The fraction of sp³-hybridized carbons (Fsp3) is 0.111. The first kappa shape index (κ1) is 10.2. The van der Waals surface area contributed by atoms with Gasteiger partial charge in [0.05, 0.1) is 0 Å². The highest BCUT2D eigenvalue weighted by Crippen LogP contribution is 2.19. The molecule has 13 heavy (non-hydrogen) atoms. The number of nitrogens with two attached hydrogens (primary N) is 1. The van der Waals surface area contributed by atoms with Crippen molar-refractivity contribution in [3.05, 3.63) is 34.1 Å². The van der Waals surface area contributed by atoms with Crippen LogP contribution in [0.5, 0.6) is 0 Å². The SMILES string of the molecule is C#CC(NN)c1ccc(Br)cc1F. The minimum atomic E-state index is -0.590. The van der Waals surface area contributed by atoms with Gasteiger partial charge < -0.3 is 0 Å². The zero-order chi connectivity index (χ0) is 9.84. The molecule has 1 aromatic carbocycles. The van der Waals surface area contributed by atoms with E-state index in [2.05, 4.69) is 27.3 Å². The molecule has 3 N–H and O–H groups in total. The van der Waals surface area contributed by atoms with Gasteiger partial charge >= 0.3 is 0 Å². The van der Waals surface area contributed by atoms with Crippen molar-refractivity contribution >= 4 is 15.9 Å². The predicted molar refractivity (Wildman–Crippen MR) is 53.0 cm³/mol. The topological polar surface area (TPSA) is 38.0 Å². The number of rotatable bonds is 2. The van der Waals surface area contributed by atoms with Gasteiger partial charge in [-0.15, -0.1) is 6.42 Å². The van der Waals surface area contributed by atoms with Gasteiger partial charge in [0.2, 0.25) is 0 Å². The van der Waals surface area contributed by atoms with E-state index in [9.17, 15) is 4.39 Å². The normalized spacial score (nSPS) is 12.2. The summed E-state index contributed by atoms with van der Waals surface area (Å²) in [5, 5.41) is 0. The summed E-state index contributed by atoms with van der Waals surface area (Å²) in [7, 11) is 0. The van der Waals surface area contributed by atoms with Crippen LogP contribution in [0.3, 0.4) is 0 Å². The predicted octanol–water partition coefficient (Wildman–Crippen LogP) is 1.73. The van der Waals surface area contributed by atoms with Gasteiger partial charge in [-0.1, -0.05) is 27.9 Å². The molecule has 0 radical (unpaired) electrons. The Morgan fingerprint density at radius 3 is 2.77 bits per heavy atom. The molecule has 0 bridgehead atoms. The zero-order valence-corrected chi connectivity index (χ0v) is 8.31. The third-order valence-corrected chi connectivity index (χ3v) is 2.10. The maximum Gasteiger partial charge on any atom is 0.130 e. The molecule has 0 aliphatic rings. The second-order valence-corrected chi connectivity index (χ2v) is 3.35. The van der Waals surface area contributed by atoms with E-state index in [0.29, 0.717) is 10.0 Å². The molecule has 4 heteroatoms. The number of halogens is 2. The van der Waals surface area contributed by atoms with Crippen molar-refractivity contribution in [1.82, 2.24) is 5.43 Å². The smallest absolute Gasteiger partial charge is 0.130 e. The molecule has 1 atom stereocenters. The van der Waals surface area contributed by atoms with Crippen LogP contribution in [-0.2, 0) is 0 Å². The number of nitrogens with one attached hydrogen (secondary N) is 1. The minimum absolute atomic E-state index is 0.369. The van der Waals surface area contributed by atoms with Crippen molar-refractivity contribution in [2.75, 3.05) is 0 Å². The molecule has 0 aliphatic carbocycles. The van der Waals surface area contributed by atoms with Crippen molar-refractivity contribution < 1.29 is 4.39 Å². The Bertz CT molecular complexity index is 346. The Morgan fingerprint density at radius 1 is 1.62 bits per heavy atom. The molecular formula is C9H8BrFN2. The molecule has 0 spiro atoms. The van der Waals surface area contributed by atoms with Gasteiger partial charge in [0.25, 0.3) is 0 Å². The van der Waals surface area contributed by atoms with Gasteiger partial charge in [-0.05, 0) is 12.1 Å². The number of hydrogen-bond donors (Lipinski definition) is 2. The van der Waals surface area contributed by atoms with E-state index in [0.717, 1.165) is 0 Å². The van der Waals surface area contributed by atoms with E-state index in [1.54, 1.807) is 12.1 Å². The summed E-state index contributed by atoms with van der Waals surface area (Å²) in [4.78, 5) is 0. The molecule has 0 aromatic heterocycles. The lowest BCUT2D eigenvalue weighted by Crippen LogP contribution is -2.27. The van der Waals surface area contributed by atoms with Gasteiger partial charge in [0.15, 0.2) is 0 Å². The molecule has 68 valence electrons. The van der Waals surface area contributed by atoms with Crippen molar-refractivity contribution in [2.24, 2.45) is 5.84 Å². The number of hydrogen-bond acceptors (Lipinski definition) is 2. The molecule has 0 saturated heterocycles. The summed E-state index contributed by atoms with van der Waals surface area (Å²) >= 11 is 3.15. The van der Waals surface area contributed by atoms with E-state index < -0.39 is 6.04 Å². The Labute approximate surface area is 84.4 Å². The van der Waals surface area contributed by atoms with E-state index in [1.165, 1.54) is 6.07 Å². The lowest BCUT2D eigenvalue weighted by Gasteiger charge is -2.10. The zero-order valence-electron chi connectivity index (χ0n) is 6.72. The monoisotopic (exact) mass is 242 g/mol. The first-order chi connectivity index (χ1) is 6.19. The van der Waals surface area contributed by atoms with E-state index in [-0.39, 0.29) is 5.82 Å². The minimum Gasteiger partial charge on any atom is -0.270 e. The third-order valence-electron chi connectivity index (χ3n) is 1.61. The first-order valence-electron chi connectivity index (χ1n) is 3.56. The van der Waals surface area contributed by atoms with Crippen LogP contribution in [-0.4, -0.2) is 0 Å². The molecule has 0 saturated carbocycles. The summed E-state index contributed by atoms with van der Waals surface area (Å²) < 4.78 is 13.9. The third kappa shape index (κ3) is 2.28. The van der Waals surface area contributed by atoms with Crippen LogP contribution in [0.2, 0.25) is 0 Å². The largest absolute Gasteiger partial charge is 0.270 e. The average Bonchev–Trinajstić information content (AvgIpc) is 2.10. The summed E-state index contributed by atoms with van der Waals surface area (Å²) in [5.41, 5.74) is 2.71. The maximum atomic E-state index is 13.3. The molecule has 2 nitrogen and oxygen atoms in total. The van der Waals surface area contributed by atoms with Crippen LogP contribution in [0.25, 0.3) is 0 Å². The second-order valence-electron chi connectivity index (χ2n) is 2.43.